The summed E-state index contributed by atoms with van der Waals surface area (Å²) >= 11 is 0. The molecule has 1 aromatic heterocycles. The molecule has 120 valence electrons. The number of aryl methyl sites for hydroxylation is 2. The zero-order chi connectivity index (χ0) is 16.5. The van der Waals surface area contributed by atoms with Gasteiger partial charge in [-0.25, -0.2) is 4.98 Å². The zero-order valence-corrected chi connectivity index (χ0v) is 14.0. The minimum atomic E-state index is 0.693. The quantitative estimate of drug-likeness (QED) is 0.722. The van der Waals surface area contributed by atoms with Gasteiger partial charge in [0.15, 0.2) is 11.6 Å². The van der Waals surface area contributed by atoms with E-state index < -0.39 is 0 Å². The average Bonchev–Trinajstić information content (AvgIpc) is 2.62. The van der Waals surface area contributed by atoms with Gasteiger partial charge in [-0.15, -0.1) is 10.2 Å². The lowest BCUT2D eigenvalue weighted by Crippen LogP contribution is -2.32. The average molecular weight is 316 g/mol. The van der Waals surface area contributed by atoms with Gasteiger partial charge in [-0.1, -0.05) is 48.0 Å². The molecule has 3 aromatic rings. The van der Waals surface area contributed by atoms with Crippen molar-refractivity contribution in [2.75, 3.05) is 11.4 Å². The number of hydrogen-bond acceptors (Lipinski definition) is 4. The van der Waals surface area contributed by atoms with Crippen LogP contribution < -0.4 is 4.90 Å². The third-order valence-electron chi connectivity index (χ3n) is 4.54. The monoisotopic (exact) mass is 316 g/mol. The standard InChI is InChI=1S/C20H20N4/c1-14-6-5-9-17(12-14)19-21-20(15(2)22-23-19)24-11-10-16-7-3-4-8-18(16)13-24/h3-9,12H,10-11,13H2,1-2H3. The first-order valence-electron chi connectivity index (χ1n) is 8.31. The molecule has 0 N–H and O–H groups in total. The number of fused-ring (bicyclic) bond motifs is 1. The summed E-state index contributed by atoms with van der Waals surface area (Å²) in [5.41, 5.74) is 5.91. The van der Waals surface area contributed by atoms with E-state index in [1.165, 1.54) is 16.7 Å². The molecule has 0 saturated carbocycles. The smallest absolute Gasteiger partial charge is 0.183 e. The largest absolute Gasteiger partial charge is 0.350 e. The van der Waals surface area contributed by atoms with Crippen molar-refractivity contribution in [3.05, 3.63) is 70.9 Å². The Kier molecular flexibility index (Phi) is 3.73. The second-order valence-electron chi connectivity index (χ2n) is 6.35. The number of hydrogen-bond donors (Lipinski definition) is 0. The van der Waals surface area contributed by atoms with Crippen molar-refractivity contribution in [2.24, 2.45) is 0 Å². The second kappa shape index (κ2) is 6.04. The molecule has 0 unspecified atom stereocenters. The van der Waals surface area contributed by atoms with E-state index in [0.717, 1.165) is 36.6 Å². The van der Waals surface area contributed by atoms with Gasteiger partial charge in [-0.05, 0) is 37.5 Å². The van der Waals surface area contributed by atoms with Gasteiger partial charge in [0, 0.05) is 18.7 Å². The van der Waals surface area contributed by atoms with Crippen LogP contribution in [0.2, 0.25) is 0 Å². The van der Waals surface area contributed by atoms with E-state index in [2.05, 4.69) is 58.4 Å². The highest BCUT2D eigenvalue weighted by Gasteiger charge is 2.20. The molecule has 0 aliphatic carbocycles. The van der Waals surface area contributed by atoms with E-state index in [1.54, 1.807) is 0 Å². The van der Waals surface area contributed by atoms with Gasteiger partial charge in [0.1, 0.15) is 5.69 Å². The van der Waals surface area contributed by atoms with Crippen molar-refractivity contribution in [3.8, 4) is 11.4 Å². The van der Waals surface area contributed by atoms with Gasteiger partial charge in [0.25, 0.3) is 0 Å². The van der Waals surface area contributed by atoms with Crippen LogP contribution in [0.4, 0.5) is 5.82 Å². The third-order valence-corrected chi connectivity index (χ3v) is 4.54. The maximum atomic E-state index is 4.83. The summed E-state index contributed by atoms with van der Waals surface area (Å²) in [6.07, 6.45) is 1.04. The summed E-state index contributed by atoms with van der Waals surface area (Å²) in [4.78, 5) is 7.14. The molecule has 0 saturated heterocycles. The minimum absolute atomic E-state index is 0.693. The third kappa shape index (κ3) is 2.75. The molecule has 4 nitrogen and oxygen atoms in total. The van der Waals surface area contributed by atoms with Gasteiger partial charge < -0.3 is 4.90 Å². The van der Waals surface area contributed by atoms with E-state index in [1.807, 2.05) is 19.1 Å². The summed E-state index contributed by atoms with van der Waals surface area (Å²) in [5, 5.41) is 8.66. The summed E-state index contributed by atoms with van der Waals surface area (Å²) in [6.45, 7) is 5.90. The Labute approximate surface area is 142 Å². The maximum absolute atomic E-state index is 4.83. The first-order chi connectivity index (χ1) is 11.7. The van der Waals surface area contributed by atoms with E-state index in [-0.39, 0.29) is 0 Å². The molecule has 24 heavy (non-hydrogen) atoms. The Hall–Kier alpha value is -2.75. The molecule has 2 aromatic carbocycles. The second-order valence-corrected chi connectivity index (χ2v) is 6.35. The van der Waals surface area contributed by atoms with Gasteiger partial charge in [-0.3, -0.25) is 0 Å². The van der Waals surface area contributed by atoms with Crippen LogP contribution in [0.1, 0.15) is 22.4 Å². The molecular weight excluding hydrogens is 296 g/mol. The van der Waals surface area contributed by atoms with Crippen LogP contribution in [-0.2, 0) is 13.0 Å². The van der Waals surface area contributed by atoms with Gasteiger partial charge in [0.05, 0.1) is 0 Å². The molecule has 1 aliphatic heterocycles. The molecule has 4 rings (SSSR count). The molecule has 2 heterocycles. The van der Waals surface area contributed by atoms with Crippen molar-refractivity contribution < 1.29 is 0 Å². The normalized spacial score (nSPS) is 13.7. The van der Waals surface area contributed by atoms with Crippen LogP contribution in [0.5, 0.6) is 0 Å². The maximum Gasteiger partial charge on any atom is 0.183 e. The van der Waals surface area contributed by atoms with Crippen LogP contribution in [0.25, 0.3) is 11.4 Å². The van der Waals surface area contributed by atoms with Gasteiger partial charge >= 0.3 is 0 Å². The summed E-state index contributed by atoms with van der Waals surface area (Å²) in [6, 6.07) is 16.9. The van der Waals surface area contributed by atoms with Crippen LogP contribution >= 0.6 is 0 Å². The van der Waals surface area contributed by atoms with E-state index in [0.29, 0.717) is 5.82 Å². The molecule has 4 heteroatoms. The Morgan fingerprint density at radius 3 is 2.58 bits per heavy atom. The Bertz CT molecular complexity index is 888. The van der Waals surface area contributed by atoms with E-state index in [9.17, 15) is 0 Å². The molecule has 0 radical (unpaired) electrons. The summed E-state index contributed by atoms with van der Waals surface area (Å²) < 4.78 is 0. The zero-order valence-electron chi connectivity index (χ0n) is 14.0. The number of benzene rings is 2. The van der Waals surface area contributed by atoms with Crippen LogP contribution in [0, 0.1) is 13.8 Å². The number of rotatable bonds is 2. The fourth-order valence-electron chi connectivity index (χ4n) is 3.25. The summed E-state index contributed by atoms with van der Waals surface area (Å²) in [5.74, 6) is 1.63. The lowest BCUT2D eigenvalue weighted by atomic mass is 10.00. The topological polar surface area (TPSA) is 41.9 Å². The van der Waals surface area contributed by atoms with Crippen LogP contribution in [-0.4, -0.2) is 21.7 Å². The van der Waals surface area contributed by atoms with Gasteiger partial charge in [-0.2, -0.15) is 0 Å². The highest BCUT2D eigenvalue weighted by atomic mass is 15.3. The van der Waals surface area contributed by atoms with Crippen molar-refractivity contribution in [3.63, 3.8) is 0 Å². The van der Waals surface area contributed by atoms with Gasteiger partial charge in [0.2, 0.25) is 0 Å². The predicted octanol–water partition coefficient (Wildman–Crippen LogP) is 3.72. The SMILES string of the molecule is Cc1cccc(-c2nnc(C)c(N3CCc4ccccc4C3)n2)c1. The number of aromatic nitrogens is 3. The Balaban J connectivity index is 1.70. The minimum Gasteiger partial charge on any atom is -0.350 e. The highest BCUT2D eigenvalue weighted by molar-refractivity contribution is 5.59. The first-order valence-corrected chi connectivity index (χ1v) is 8.31. The molecule has 0 spiro atoms. The number of nitrogens with zero attached hydrogens (tertiary/aromatic N) is 4. The first kappa shape index (κ1) is 14.8. The van der Waals surface area contributed by atoms with E-state index in [4.69, 9.17) is 4.98 Å². The van der Waals surface area contributed by atoms with Crippen LogP contribution in [0.15, 0.2) is 48.5 Å². The van der Waals surface area contributed by atoms with E-state index >= 15 is 0 Å². The van der Waals surface area contributed by atoms with Crippen molar-refractivity contribution in [1.82, 2.24) is 15.2 Å². The number of anilines is 1. The van der Waals surface area contributed by atoms with Crippen molar-refractivity contribution in [2.45, 2.75) is 26.8 Å². The molecule has 0 amide bonds. The Morgan fingerprint density at radius 2 is 1.75 bits per heavy atom. The molecular formula is C20H20N4. The fraction of sp³-hybridized carbons (Fsp3) is 0.250. The van der Waals surface area contributed by atoms with Crippen LogP contribution in [0.3, 0.4) is 0 Å². The predicted molar refractivity (Wildman–Crippen MR) is 95.9 cm³/mol. The molecule has 1 aliphatic rings. The highest BCUT2D eigenvalue weighted by Crippen LogP contribution is 2.26. The fourth-order valence-corrected chi connectivity index (χ4v) is 3.25. The lowest BCUT2D eigenvalue weighted by molar-refractivity contribution is 0.709. The molecule has 0 bridgehead atoms. The van der Waals surface area contributed by atoms with Crippen molar-refractivity contribution in [1.29, 1.82) is 0 Å². The Morgan fingerprint density at radius 1 is 0.917 bits per heavy atom. The summed E-state index contributed by atoms with van der Waals surface area (Å²) in [7, 11) is 0. The molecule has 0 fully saturated rings. The molecule has 0 atom stereocenters. The van der Waals surface area contributed by atoms with Crippen molar-refractivity contribution >= 4 is 5.82 Å². The lowest BCUT2D eigenvalue weighted by Gasteiger charge is -2.30.